The molecular formula is C22H32N2O6. The van der Waals surface area contributed by atoms with E-state index < -0.39 is 12.0 Å². The Morgan fingerprint density at radius 1 is 1.10 bits per heavy atom. The molecule has 166 valence electrons. The first-order valence-electron chi connectivity index (χ1n) is 10.3. The molecule has 0 bridgehead atoms. The number of methoxy groups -OCH3 is 2. The Bertz CT molecular complexity index is 711. The minimum Gasteiger partial charge on any atom is -0.490 e. The Morgan fingerprint density at radius 3 is 2.27 bits per heavy atom. The molecule has 0 unspecified atom stereocenters. The van der Waals surface area contributed by atoms with Gasteiger partial charge in [-0.25, -0.2) is 4.79 Å². The minimum absolute atomic E-state index is 0.0285. The van der Waals surface area contributed by atoms with Crippen LogP contribution in [0.3, 0.4) is 0 Å². The summed E-state index contributed by atoms with van der Waals surface area (Å²) in [6.45, 7) is 5.45. The Balaban J connectivity index is 1.85. The van der Waals surface area contributed by atoms with Crippen LogP contribution in [-0.2, 0) is 19.1 Å². The lowest BCUT2D eigenvalue weighted by Gasteiger charge is -2.32. The number of likely N-dealkylation sites (tertiary alicyclic amines) is 1. The van der Waals surface area contributed by atoms with Gasteiger partial charge in [-0.2, -0.15) is 0 Å². The number of esters is 1. The van der Waals surface area contributed by atoms with Crippen molar-refractivity contribution in [2.24, 2.45) is 5.92 Å². The van der Waals surface area contributed by atoms with E-state index in [0.29, 0.717) is 37.4 Å². The van der Waals surface area contributed by atoms with Crippen LogP contribution in [0.4, 0.5) is 0 Å². The van der Waals surface area contributed by atoms with Crippen LogP contribution in [0.2, 0.25) is 0 Å². The Hall–Kier alpha value is -2.61. The zero-order valence-electron chi connectivity index (χ0n) is 18.2. The normalized spacial score (nSPS) is 15.6. The highest BCUT2D eigenvalue weighted by Crippen LogP contribution is 2.20. The average molecular weight is 421 g/mol. The number of nitrogens with zero attached hydrogens (tertiary/aromatic N) is 1. The summed E-state index contributed by atoms with van der Waals surface area (Å²) < 4.78 is 15.7. The molecule has 0 aliphatic carbocycles. The van der Waals surface area contributed by atoms with E-state index in [1.54, 1.807) is 31.4 Å². The lowest BCUT2D eigenvalue weighted by molar-refractivity contribution is -0.144. The average Bonchev–Trinajstić information content (AvgIpc) is 2.75. The third kappa shape index (κ3) is 6.73. The molecule has 1 atom stereocenters. The highest BCUT2D eigenvalue weighted by Gasteiger charge is 2.26. The van der Waals surface area contributed by atoms with Gasteiger partial charge in [0.05, 0.1) is 20.1 Å². The number of benzene rings is 1. The maximum absolute atomic E-state index is 12.5. The van der Waals surface area contributed by atoms with E-state index >= 15 is 0 Å². The number of piperidine rings is 1. The number of hydrogen-bond acceptors (Lipinski definition) is 6. The van der Waals surface area contributed by atoms with Crippen LogP contribution in [0.25, 0.3) is 0 Å². The second-order valence-electron chi connectivity index (χ2n) is 7.68. The van der Waals surface area contributed by atoms with Gasteiger partial charge in [0.25, 0.3) is 5.91 Å². The maximum Gasteiger partial charge on any atom is 0.328 e. The quantitative estimate of drug-likeness (QED) is 0.615. The zero-order valence-corrected chi connectivity index (χ0v) is 18.2. The van der Waals surface area contributed by atoms with Crippen molar-refractivity contribution in [3.8, 4) is 5.75 Å². The van der Waals surface area contributed by atoms with Crippen LogP contribution in [0, 0.1) is 5.92 Å². The highest BCUT2D eigenvalue weighted by molar-refractivity contribution is 5.96. The van der Waals surface area contributed by atoms with E-state index in [9.17, 15) is 14.4 Å². The monoisotopic (exact) mass is 420 g/mol. The van der Waals surface area contributed by atoms with Gasteiger partial charge < -0.3 is 24.4 Å². The molecule has 1 fully saturated rings. The van der Waals surface area contributed by atoms with Crippen LogP contribution in [0.5, 0.6) is 5.75 Å². The van der Waals surface area contributed by atoms with Crippen molar-refractivity contribution in [2.45, 2.75) is 45.3 Å². The molecule has 1 saturated heterocycles. The molecule has 8 heteroatoms. The second-order valence-corrected chi connectivity index (χ2v) is 7.68. The van der Waals surface area contributed by atoms with Crippen molar-refractivity contribution in [1.29, 1.82) is 0 Å². The first-order chi connectivity index (χ1) is 14.3. The molecule has 1 aromatic carbocycles. The number of carbonyl (C=O) groups is 3. The zero-order chi connectivity index (χ0) is 22.1. The van der Waals surface area contributed by atoms with E-state index in [1.807, 2.05) is 18.7 Å². The van der Waals surface area contributed by atoms with Gasteiger partial charge in [-0.3, -0.25) is 9.59 Å². The SMILES string of the molecule is COCCC(=O)N1CCC(Oc2ccc(C(=O)N[C@H](C(=O)OC)C(C)C)cc2)CC1. The number of rotatable bonds is 9. The van der Waals surface area contributed by atoms with E-state index in [4.69, 9.17) is 14.2 Å². The molecule has 1 aliphatic heterocycles. The molecule has 1 aromatic rings. The van der Waals surface area contributed by atoms with Crippen molar-refractivity contribution in [3.05, 3.63) is 29.8 Å². The summed E-state index contributed by atoms with van der Waals surface area (Å²) in [6.07, 6.45) is 1.95. The minimum atomic E-state index is -0.699. The molecule has 8 nitrogen and oxygen atoms in total. The van der Waals surface area contributed by atoms with Gasteiger partial charge in [0.15, 0.2) is 0 Å². The van der Waals surface area contributed by atoms with Crippen LogP contribution in [0.15, 0.2) is 24.3 Å². The topological polar surface area (TPSA) is 94.2 Å². The Kier molecular flexibility index (Phi) is 9.11. The summed E-state index contributed by atoms with van der Waals surface area (Å²) in [4.78, 5) is 38.2. The van der Waals surface area contributed by atoms with Crippen molar-refractivity contribution in [3.63, 3.8) is 0 Å². The first-order valence-corrected chi connectivity index (χ1v) is 10.3. The molecule has 0 spiro atoms. The second kappa shape index (κ2) is 11.5. The van der Waals surface area contributed by atoms with E-state index in [1.165, 1.54) is 7.11 Å². The van der Waals surface area contributed by atoms with Gasteiger partial charge in [0, 0.05) is 38.6 Å². The van der Waals surface area contributed by atoms with Crippen molar-refractivity contribution in [1.82, 2.24) is 10.2 Å². The fraction of sp³-hybridized carbons (Fsp3) is 0.591. The number of ether oxygens (including phenoxy) is 3. The van der Waals surface area contributed by atoms with Gasteiger partial charge >= 0.3 is 5.97 Å². The predicted molar refractivity (Wildman–Crippen MR) is 111 cm³/mol. The number of nitrogens with one attached hydrogen (secondary N) is 1. The van der Waals surface area contributed by atoms with Gasteiger partial charge in [0.1, 0.15) is 17.9 Å². The van der Waals surface area contributed by atoms with Crippen LogP contribution >= 0.6 is 0 Å². The number of amides is 2. The maximum atomic E-state index is 12.5. The molecule has 1 heterocycles. The van der Waals surface area contributed by atoms with Crippen LogP contribution in [0.1, 0.15) is 43.5 Å². The molecule has 1 N–H and O–H groups in total. The van der Waals surface area contributed by atoms with E-state index in [2.05, 4.69) is 5.32 Å². The summed E-state index contributed by atoms with van der Waals surface area (Å²) in [5.74, 6) is -0.114. The van der Waals surface area contributed by atoms with Crippen molar-refractivity contribution in [2.75, 3.05) is 33.9 Å². The molecule has 2 amide bonds. The van der Waals surface area contributed by atoms with E-state index in [0.717, 1.165) is 12.8 Å². The first kappa shape index (κ1) is 23.7. The third-order valence-electron chi connectivity index (χ3n) is 5.14. The summed E-state index contributed by atoms with van der Waals surface area (Å²) in [7, 11) is 2.89. The molecular weight excluding hydrogens is 388 g/mol. The van der Waals surface area contributed by atoms with Gasteiger partial charge in [-0.15, -0.1) is 0 Å². The highest BCUT2D eigenvalue weighted by atomic mass is 16.5. The summed E-state index contributed by atoms with van der Waals surface area (Å²) in [5.41, 5.74) is 0.440. The van der Waals surface area contributed by atoms with Crippen LogP contribution in [-0.4, -0.2) is 68.7 Å². The van der Waals surface area contributed by atoms with Crippen molar-refractivity contribution < 1.29 is 28.6 Å². The van der Waals surface area contributed by atoms with Crippen molar-refractivity contribution >= 4 is 17.8 Å². The van der Waals surface area contributed by atoms with E-state index in [-0.39, 0.29) is 23.8 Å². The predicted octanol–water partition coefficient (Wildman–Crippen LogP) is 2.02. The molecule has 0 radical (unpaired) electrons. The van der Waals surface area contributed by atoms with Gasteiger partial charge in [0.2, 0.25) is 5.91 Å². The lowest BCUT2D eigenvalue weighted by Crippen LogP contribution is -2.45. The largest absolute Gasteiger partial charge is 0.490 e. The fourth-order valence-corrected chi connectivity index (χ4v) is 3.30. The third-order valence-corrected chi connectivity index (χ3v) is 5.14. The Morgan fingerprint density at radius 2 is 1.73 bits per heavy atom. The number of hydrogen-bond donors (Lipinski definition) is 1. The smallest absolute Gasteiger partial charge is 0.328 e. The molecule has 1 aliphatic rings. The van der Waals surface area contributed by atoms with Gasteiger partial charge in [-0.1, -0.05) is 13.8 Å². The molecule has 0 saturated carbocycles. The summed E-state index contributed by atoms with van der Waals surface area (Å²) in [6, 6.07) is 6.13. The molecule has 30 heavy (non-hydrogen) atoms. The van der Waals surface area contributed by atoms with Gasteiger partial charge in [-0.05, 0) is 30.2 Å². The Labute approximate surface area is 177 Å². The summed E-state index contributed by atoms with van der Waals surface area (Å²) in [5, 5.41) is 2.71. The fourth-order valence-electron chi connectivity index (χ4n) is 3.30. The lowest BCUT2D eigenvalue weighted by atomic mass is 10.0. The molecule has 2 rings (SSSR count). The van der Waals surface area contributed by atoms with Crippen LogP contribution < -0.4 is 10.1 Å². The summed E-state index contributed by atoms with van der Waals surface area (Å²) >= 11 is 0. The number of carbonyl (C=O) groups excluding carboxylic acids is 3. The molecule has 0 aromatic heterocycles. The standard InChI is InChI=1S/C22H32N2O6/c1-15(2)20(22(27)29-4)23-21(26)16-5-7-17(8-6-16)30-18-9-12-24(13-10-18)19(25)11-14-28-3/h5-8,15,18,20H,9-14H2,1-4H3,(H,23,26)/t20-/m0/s1.